The van der Waals surface area contributed by atoms with Gasteiger partial charge in [0.1, 0.15) is 0 Å². The van der Waals surface area contributed by atoms with Crippen molar-refractivity contribution in [3.8, 4) is 0 Å². The molecule has 1 atom stereocenters. The van der Waals surface area contributed by atoms with Crippen molar-refractivity contribution < 1.29 is 14.4 Å². The van der Waals surface area contributed by atoms with Gasteiger partial charge in [0, 0.05) is 55.4 Å². The number of halogens is 1. The highest BCUT2D eigenvalue weighted by molar-refractivity contribution is 6.31. The highest BCUT2D eigenvalue weighted by atomic mass is 35.5. The Labute approximate surface area is 187 Å². The first-order chi connectivity index (χ1) is 14.9. The molecule has 2 heterocycles. The second-order valence-electron chi connectivity index (χ2n) is 8.23. The van der Waals surface area contributed by atoms with Crippen LogP contribution in [0.2, 0.25) is 5.02 Å². The predicted octanol–water partition coefficient (Wildman–Crippen LogP) is 3.38. The summed E-state index contributed by atoms with van der Waals surface area (Å²) in [6, 6.07) is 14.7. The first kappa shape index (κ1) is 21.4. The predicted molar refractivity (Wildman–Crippen MR) is 120 cm³/mol. The molecule has 1 unspecified atom stereocenters. The van der Waals surface area contributed by atoms with E-state index in [4.69, 9.17) is 11.6 Å². The van der Waals surface area contributed by atoms with Gasteiger partial charge in [-0.3, -0.25) is 14.4 Å². The zero-order chi connectivity index (χ0) is 22.0. The number of hydrogen-bond donors (Lipinski definition) is 0. The van der Waals surface area contributed by atoms with Crippen molar-refractivity contribution in [1.29, 1.82) is 0 Å². The van der Waals surface area contributed by atoms with Crippen LogP contribution in [-0.2, 0) is 9.59 Å². The minimum atomic E-state index is -0.370. The SMILES string of the molecule is Cc1cccc(C(=O)N2CCCN(C(=O)C3CC(=O)N(c4cccc(Cl)c4)C3)CC2)c1. The minimum absolute atomic E-state index is 0.00109. The normalized spacial score (nSPS) is 19.5. The molecule has 2 aromatic carbocycles. The molecule has 2 saturated heterocycles. The van der Waals surface area contributed by atoms with Gasteiger partial charge in [-0.25, -0.2) is 0 Å². The van der Waals surface area contributed by atoms with Gasteiger partial charge >= 0.3 is 0 Å². The summed E-state index contributed by atoms with van der Waals surface area (Å²) in [6.45, 7) is 4.53. The zero-order valence-corrected chi connectivity index (χ0v) is 18.3. The summed E-state index contributed by atoms with van der Waals surface area (Å²) < 4.78 is 0. The summed E-state index contributed by atoms with van der Waals surface area (Å²) in [5.74, 6) is -0.443. The number of carbonyl (C=O) groups is 3. The minimum Gasteiger partial charge on any atom is -0.341 e. The van der Waals surface area contributed by atoms with E-state index in [1.165, 1.54) is 0 Å². The van der Waals surface area contributed by atoms with Crippen molar-refractivity contribution >= 4 is 35.0 Å². The number of benzene rings is 2. The van der Waals surface area contributed by atoms with Crippen LogP contribution in [0.25, 0.3) is 0 Å². The van der Waals surface area contributed by atoms with Crippen molar-refractivity contribution in [3.05, 3.63) is 64.7 Å². The Hall–Kier alpha value is -2.86. The van der Waals surface area contributed by atoms with E-state index < -0.39 is 0 Å². The van der Waals surface area contributed by atoms with Crippen molar-refractivity contribution in [1.82, 2.24) is 9.80 Å². The van der Waals surface area contributed by atoms with Gasteiger partial charge < -0.3 is 14.7 Å². The van der Waals surface area contributed by atoms with Crippen LogP contribution < -0.4 is 4.90 Å². The molecule has 0 N–H and O–H groups in total. The molecule has 0 radical (unpaired) electrons. The average Bonchev–Trinajstić information content (AvgIpc) is 2.98. The largest absolute Gasteiger partial charge is 0.341 e. The molecule has 0 aliphatic carbocycles. The van der Waals surface area contributed by atoms with Crippen LogP contribution in [0.1, 0.15) is 28.8 Å². The van der Waals surface area contributed by atoms with Crippen LogP contribution in [0.5, 0.6) is 0 Å². The molecule has 2 fully saturated rings. The summed E-state index contributed by atoms with van der Waals surface area (Å²) in [6.07, 6.45) is 0.926. The number of amides is 3. The lowest BCUT2D eigenvalue weighted by molar-refractivity contribution is -0.135. The third-order valence-electron chi connectivity index (χ3n) is 5.95. The number of nitrogens with zero attached hydrogens (tertiary/aromatic N) is 3. The zero-order valence-electron chi connectivity index (χ0n) is 17.6. The molecule has 162 valence electrons. The van der Waals surface area contributed by atoms with Gasteiger partial charge in [0.05, 0.1) is 5.92 Å². The lowest BCUT2D eigenvalue weighted by atomic mass is 10.1. The number of carbonyl (C=O) groups excluding carboxylic acids is 3. The Kier molecular flexibility index (Phi) is 6.28. The highest BCUT2D eigenvalue weighted by Gasteiger charge is 2.37. The van der Waals surface area contributed by atoms with Crippen LogP contribution >= 0.6 is 11.6 Å². The second kappa shape index (κ2) is 9.10. The lowest BCUT2D eigenvalue weighted by Gasteiger charge is -2.25. The maximum absolute atomic E-state index is 13.2. The number of hydrogen-bond acceptors (Lipinski definition) is 3. The van der Waals surface area contributed by atoms with E-state index in [9.17, 15) is 14.4 Å². The first-order valence-electron chi connectivity index (χ1n) is 10.6. The van der Waals surface area contributed by atoms with Crippen LogP contribution in [0.3, 0.4) is 0 Å². The van der Waals surface area contributed by atoms with Gasteiger partial charge in [0.2, 0.25) is 11.8 Å². The summed E-state index contributed by atoms with van der Waals surface area (Å²) in [5.41, 5.74) is 2.45. The van der Waals surface area contributed by atoms with E-state index in [1.54, 1.807) is 23.1 Å². The Bertz CT molecular complexity index is 1010. The Morgan fingerprint density at radius 3 is 2.48 bits per heavy atom. The first-order valence-corrected chi connectivity index (χ1v) is 11.0. The van der Waals surface area contributed by atoms with Gasteiger partial charge in [0.25, 0.3) is 5.91 Å². The monoisotopic (exact) mass is 439 g/mol. The van der Waals surface area contributed by atoms with Crippen LogP contribution in [0.15, 0.2) is 48.5 Å². The lowest BCUT2D eigenvalue weighted by Crippen LogP contribution is -2.40. The molecule has 4 rings (SSSR count). The van der Waals surface area contributed by atoms with Crippen LogP contribution in [-0.4, -0.2) is 60.2 Å². The van der Waals surface area contributed by atoms with E-state index in [0.717, 1.165) is 17.7 Å². The molecule has 2 aliphatic heterocycles. The molecular weight excluding hydrogens is 414 g/mol. The second-order valence-corrected chi connectivity index (χ2v) is 8.66. The van der Waals surface area contributed by atoms with Crippen molar-refractivity contribution in [3.63, 3.8) is 0 Å². The molecule has 0 bridgehead atoms. The van der Waals surface area contributed by atoms with Gasteiger partial charge in [-0.2, -0.15) is 0 Å². The number of anilines is 1. The van der Waals surface area contributed by atoms with E-state index in [1.807, 2.05) is 47.1 Å². The maximum atomic E-state index is 13.2. The number of rotatable bonds is 3. The Balaban J connectivity index is 1.39. The highest BCUT2D eigenvalue weighted by Crippen LogP contribution is 2.28. The Morgan fingerprint density at radius 1 is 0.968 bits per heavy atom. The van der Waals surface area contributed by atoms with Crippen molar-refractivity contribution in [2.24, 2.45) is 5.92 Å². The van der Waals surface area contributed by atoms with Gasteiger partial charge in [-0.15, -0.1) is 0 Å². The molecule has 2 aromatic rings. The molecule has 0 saturated carbocycles. The fraction of sp³-hybridized carbons (Fsp3) is 0.375. The van der Waals surface area contributed by atoms with Gasteiger partial charge in [-0.05, 0) is 43.7 Å². The molecule has 2 aliphatic rings. The third kappa shape index (κ3) is 4.74. The molecule has 31 heavy (non-hydrogen) atoms. The fourth-order valence-electron chi connectivity index (χ4n) is 4.33. The van der Waals surface area contributed by atoms with Gasteiger partial charge in [0.15, 0.2) is 0 Å². The van der Waals surface area contributed by atoms with E-state index >= 15 is 0 Å². The molecular formula is C24H26ClN3O3. The van der Waals surface area contributed by atoms with Gasteiger partial charge in [-0.1, -0.05) is 35.4 Å². The summed E-state index contributed by atoms with van der Waals surface area (Å²) in [5, 5.41) is 0.561. The van der Waals surface area contributed by atoms with E-state index in [-0.39, 0.29) is 30.1 Å². The molecule has 0 aromatic heterocycles. The molecule has 0 spiro atoms. The third-order valence-corrected chi connectivity index (χ3v) is 6.19. The molecule has 3 amide bonds. The molecule has 6 nitrogen and oxygen atoms in total. The van der Waals surface area contributed by atoms with Crippen LogP contribution in [0.4, 0.5) is 5.69 Å². The average molecular weight is 440 g/mol. The summed E-state index contributed by atoms with van der Waals surface area (Å²) >= 11 is 6.06. The van der Waals surface area contributed by atoms with Crippen molar-refractivity contribution in [2.45, 2.75) is 19.8 Å². The number of aryl methyl sites for hydroxylation is 1. The van der Waals surface area contributed by atoms with E-state index in [0.29, 0.717) is 43.3 Å². The quantitative estimate of drug-likeness (QED) is 0.736. The van der Waals surface area contributed by atoms with Crippen LogP contribution in [0, 0.1) is 12.8 Å². The molecule has 7 heteroatoms. The standard InChI is InChI=1S/C24H26ClN3O3/c1-17-5-2-6-18(13-17)23(30)26-9-4-10-27(12-11-26)24(31)19-14-22(29)28(16-19)21-8-3-7-20(25)15-21/h2-3,5-8,13,15,19H,4,9-12,14,16H2,1H3. The van der Waals surface area contributed by atoms with Crippen molar-refractivity contribution in [2.75, 3.05) is 37.6 Å². The topological polar surface area (TPSA) is 60.9 Å². The maximum Gasteiger partial charge on any atom is 0.253 e. The van der Waals surface area contributed by atoms with E-state index in [2.05, 4.69) is 0 Å². The smallest absolute Gasteiger partial charge is 0.253 e. The Morgan fingerprint density at radius 2 is 1.71 bits per heavy atom. The summed E-state index contributed by atoms with van der Waals surface area (Å²) in [7, 11) is 0. The fourth-order valence-corrected chi connectivity index (χ4v) is 4.51. The summed E-state index contributed by atoms with van der Waals surface area (Å²) in [4.78, 5) is 43.8.